The Bertz CT molecular complexity index is 627. The number of nitrogens with zero attached hydrogens (tertiary/aromatic N) is 1. The number of hydrogen-bond acceptors (Lipinski definition) is 4. The number of carbonyl (C=O) groups is 3. The number of likely N-dealkylation sites (N-methyl/N-ethyl adjacent to an activating group) is 1. The molecular weight excluding hydrogens is 332 g/mol. The third-order valence-electron chi connectivity index (χ3n) is 4.53. The number of rotatable bonds is 10. The molecule has 1 N–H and O–H groups in total. The maximum atomic E-state index is 12.2. The van der Waals surface area contributed by atoms with Crippen molar-refractivity contribution < 1.29 is 19.1 Å². The van der Waals surface area contributed by atoms with Crippen molar-refractivity contribution >= 4 is 17.6 Å². The zero-order valence-corrected chi connectivity index (χ0v) is 15.6. The summed E-state index contributed by atoms with van der Waals surface area (Å²) in [7, 11) is 1.72. The monoisotopic (exact) mass is 360 g/mol. The van der Waals surface area contributed by atoms with Crippen molar-refractivity contribution in [2.24, 2.45) is 0 Å². The third kappa shape index (κ3) is 5.86. The van der Waals surface area contributed by atoms with E-state index >= 15 is 0 Å². The molecule has 0 bridgehead atoms. The standard InChI is InChI=1S/C20H28N2O4/c1-3-4-5-14-26-16-8-6-15(7-9-16)18(23)10-11-19(24)21-17-12-13-22(2)20(17)25/h6-9,17H,3-5,10-14H2,1-2H3,(H,21,24). The second-order valence-electron chi connectivity index (χ2n) is 6.67. The number of ether oxygens (including phenoxy) is 1. The number of amides is 2. The zero-order chi connectivity index (χ0) is 18.9. The molecule has 1 atom stereocenters. The van der Waals surface area contributed by atoms with E-state index in [0.717, 1.165) is 25.0 Å². The van der Waals surface area contributed by atoms with Gasteiger partial charge in [-0.05, 0) is 37.1 Å². The van der Waals surface area contributed by atoms with Gasteiger partial charge in [-0.2, -0.15) is 0 Å². The predicted octanol–water partition coefficient (Wildman–Crippen LogP) is 2.57. The fourth-order valence-electron chi connectivity index (χ4n) is 2.87. The SMILES string of the molecule is CCCCCOc1ccc(C(=O)CCC(=O)NC2CCN(C)C2=O)cc1. The number of carbonyl (C=O) groups excluding carboxylic acids is 3. The average Bonchev–Trinajstić information content (AvgIpc) is 2.96. The highest BCUT2D eigenvalue weighted by atomic mass is 16.5. The van der Waals surface area contributed by atoms with Crippen molar-refractivity contribution in [3.05, 3.63) is 29.8 Å². The Morgan fingerprint density at radius 3 is 2.54 bits per heavy atom. The van der Waals surface area contributed by atoms with Crippen LogP contribution >= 0.6 is 0 Å². The molecular formula is C20H28N2O4. The summed E-state index contributed by atoms with van der Waals surface area (Å²) in [5, 5.41) is 2.71. The van der Waals surface area contributed by atoms with Crippen LogP contribution in [0.5, 0.6) is 5.75 Å². The molecule has 2 amide bonds. The third-order valence-corrected chi connectivity index (χ3v) is 4.53. The molecule has 1 unspecified atom stereocenters. The molecule has 1 aliphatic rings. The molecule has 1 aromatic rings. The van der Waals surface area contributed by atoms with Crippen molar-refractivity contribution in [3.63, 3.8) is 0 Å². The van der Waals surface area contributed by atoms with E-state index in [4.69, 9.17) is 4.74 Å². The van der Waals surface area contributed by atoms with Crippen LogP contribution in [0, 0.1) is 0 Å². The van der Waals surface area contributed by atoms with Gasteiger partial charge in [0.2, 0.25) is 11.8 Å². The van der Waals surface area contributed by atoms with Crippen LogP contribution in [0.1, 0.15) is 55.8 Å². The smallest absolute Gasteiger partial charge is 0.244 e. The second-order valence-corrected chi connectivity index (χ2v) is 6.67. The van der Waals surface area contributed by atoms with Crippen LogP contribution in [0.3, 0.4) is 0 Å². The van der Waals surface area contributed by atoms with E-state index in [0.29, 0.717) is 25.1 Å². The summed E-state index contributed by atoms with van der Waals surface area (Å²) in [6.07, 6.45) is 4.14. The van der Waals surface area contributed by atoms with E-state index in [1.54, 1.807) is 36.2 Å². The number of unbranched alkanes of at least 4 members (excludes halogenated alkanes) is 2. The van der Waals surface area contributed by atoms with Crippen molar-refractivity contribution in [2.75, 3.05) is 20.2 Å². The number of hydrogen-bond donors (Lipinski definition) is 1. The van der Waals surface area contributed by atoms with Crippen molar-refractivity contribution in [1.29, 1.82) is 0 Å². The Hall–Kier alpha value is -2.37. The average molecular weight is 360 g/mol. The fourth-order valence-corrected chi connectivity index (χ4v) is 2.87. The number of nitrogens with one attached hydrogen (secondary N) is 1. The van der Waals surface area contributed by atoms with E-state index in [-0.39, 0.29) is 30.4 Å². The van der Waals surface area contributed by atoms with E-state index in [1.807, 2.05) is 0 Å². The van der Waals surface area contributed by atoms with Gasteiger partial charge in [-0.1, -0.05) is 19.8 Å². The Kier molecular flexibility index (Phi) is 7.63. The van der Waals surface area contributed by atoms with E-state index < -0.39 is 6.04 Å². The Morgan fingerprint density at radius 1 is 1.19 bits per heavy atom. The lowest BCUT2D eigenvalue weighted by Crippen LogP contribution is -2.40. The quantitative estimate of drug-likeness (QED) is 0.514. The number of Topliss-reactive ketones (excluding diaryl/α,β-unsaturated/α-hetero) is 1. The van der Waals surface area contributed by atoms with Crippen LogP contribution in [-0.2, 0) is 9.59 Å². The van der Waals surface area contributed by atoms with Gasteiger partial charge in [0.25, 0.3) is 0 Å². The van der Waals surface area contributed by atoms with Gasteiger partial charge >= 0.3 is 0 Å². The molecule has 142 valence electrons. The first-order chi connectivity index (χ1) is 12.5. The maximum absolute atomic E-state index is 12.2. The highest BCUT2D eigenvalue weighted by Crippen LogP contribution is 2.15. The molecule has 0 spiro atoms. The molecule has 0 saturated carbocycles. The molecule has 0 aromatic heterocycles. The van der Waals surface area contributed by atoms with Crippen molar-refractivity contribution in [3.8, 4) is 5.75 Å². The maximum Gasteiger partial charge on any atom is 0.244 e. The molecule has 26 heavy (non-hydrogen) atoms. The summed E-state index contributed by atoms with van der Waals surface area (Å²) >= 11 is 0. The minimum atomic E-state index is -0.452. The highest BCUT2D eigenvalue weighted by molar-refractivity contribution is 5.98. The molecule has 1 heterocycles. The van der Waals surface area contributed by atoms with Crippen LogP contribution < -0.4 is 10.1 Å². The molecule has 0 aliphatic carbocycles. The van der Waals surface area contributed by atoms with Crippen LogP contribution in [0.15, 0.2) is 24.3 Å². The van der Waals surface area contributed by atoms with E-state index in [9.17, 15) is 14.4 Å². The Labute approximate surface area is 154 Å². The van der Waals surface area contributed by atoms with Crippen LogP contribution in [0.4, 0.5) is 0 Å². The summed E-state index contributed by atoms with van der Waals surface area (Å²) < 4.78 is 5.62. The fraction of sp³-hybridized carbons (Fsp3) is 0.550. The van der Waals surface area contributed by atoms with Gasteiger partial charge in [-0.15, -0.1) is 0 Å². The normalized spacial score (nSPS) is 16.6. The van der Waals surface area contributed by atoms with Crippen LogP contribution in [0.2, 0.25) is 0 Å². The van der Waals surface area contributed by atoms with Gasteiger partial charge in [-0.25, -0.2) is 0 Å². The first-order valence-electron chi connectivity index (χ1n) is 9.31. The lowest BCUT2D eigenvalue weighted by Gasteiger charge is -2.12. The summed E-state index contributed by atoms with van der Waals surface area (Å²) in [4.78, 5) is 37.6. The molecule has 6 heteroatoms. The van der Waals surface area contributed by atoms with E-state index in [1.165, 1.54) is 0 Å². The van der Waals surface area contributed by atoms with Gasteiger partial charge in [0.15, 0.2) is 5.78 Å². The molecule has 1 saturated heterocycles. The Morgan fingerprint density at radius 2 is 1.92 bits per heavy atom. The van der Waals surface area contributed by atoms with Crippen molar-refractivity contribution in [2.45, 2.75) is 51.5 Å². The molecule has 1 aromatic carbocycles. The van der Waals surface area contributed by atoms with Gasteiger partial charge < -0.3 is 15.0 Å². The molecule has 1 aliphatic heterocycles. The molecule has 6 nitrogen and oxygen atoms in total. The molecule has 0 radical (unpaired) electrons. The van der Waals surface area contributed by atoms with Gasteiger partial charge in [0.1, 0.15) is 11.8 Å². The number of ketones is 1. The highest BCUT2D eigenvalue weighted by Gasteiger charge is 2.30. The topological polar surface area (TPSA) is 75.7 Å². The second kappa shape index (κ2) is 9.94. The largest absolute Gasteiger partial charge is 0.494 e. The summed E-state index contributed by atoms with van der Waals surface area (Å²) in [5.74, 6) is 0.328. The first-order valence-corrected chi connectivity index (χ1v) is 9.31. The van der Waals surface area contributed by atoms with Crippen LogP contribution in [-0.4, -0.2) is 48.7 Å². The van der Waals surface area contributed by atoms with E-state index in [2.05, 4.69) is 12.2 Å². The van der Waals surface area contributed by atoms with Gasteiger partial charge in [-0.3, -0.25) is 14.4 Å². The lowest BCUT2D eigenvalue weighted by molar-refractivity contribution is -0.131. The van der Waals surface area contributed by atoms with Crippen LogP contribution in [0.25, 0.3) is 0 Å². The van der Waals surface area contributed by atoms with Gasteiger partial charge in [0.05, 0.1) is 6.61 Å². The lowest BCUT2D eigenvalue weighted by atomic mass is 10.1. The molecule has 1 fully saturated rings. The minimum absolute atomic E-state index is 0.0702. The zero-order valence-electron chi connectivity index (χ0n) is 15.6. The molecule has 2 rings (SSSR count). The Balaban J connectivity index is 1.73. The first kappa shape index (κ1) is 19.9. The predicted molar refractivity (Wildman–Crippen MR) is 99.2 cm³/mol. The summed E-state index contributed by atoms with van der Waals surface area (Å²) in [6.45, 7) is 3.47. The van der Waals surface area contributed by atoms with Crippen molar-refractivity contribution in [1.82, 2.24) is 10.2 Å². The number of benzene rings is 1. The van der Waals surface area contributed by atoms with Gasteiger partial charge in [0, 0.05) is 32.0 Å². The summed E-state index contributed by atoms with van der Waals surface area (Å²) in [5.41, 5.74) is 0.565. The summed E-state index contributed by atoms with van der Waals surface area (Å²) in [6, 6.07) is 6.57. The number of likely N-dealkylation sites (tertiary alicyclic amines) is 1. The minimum Gasteiger partial charge on any atom is -0.494 e.